The zero-order valence-electron chi connectivity index (χ0n) is 9.67. The standard InChI is InChI=1S/C12H20O3/c1-3-11(10(2)13)4-6-12(7-5-11)14-8-9-15-12/h3-9H2,1-2H3. The molecule has 1 aliphatic heterocycles. The van der Waals surface area contributed by atoms with E-state index >= 15 is 0 Å². The summed E-state index contributed by atoms with van der Waals surface area (Å²) in [5.74, 6) is -0.00783. The third kappa shape index (κ3) is 1.83. The molecular formula is C12H20O3. The highest BCUT2D eigenvalue weighted by Gasteiger charge is 2.47. The van der Waals surface area contributed by atoms with Crippen molar-refractivity contribution >= 4 is 5.78 Å². The van der Waals surface area contributed by atoms with E-state index in [0.29, 0.717) is 19.0 Å². The number of carbonyl (C=O) groups excluding carboxylic acids is 1. The molecule has 0 N–H and O–H groups in total. The van der Waals surface area contributed by atoms with Crippen LogP contribution in [0, 0.1) is 5.41 Å². The molecule has 3 heteroatoms. The van der Waals surface area contributed by atoms with Gasteiger partial charge in [0.2, 0.25) is 0 Å². The van der Waals surface area contributed by atoms with Crippen molar-refractivity contribution in [2.75, 3.05) is 13.2 Å². The van der Waals surface area contributed by atoms with Gasteiger partial charge in [-0.1, -0.05) is 6.92 Å². The highest BCUT2D eigenvalue weighted by Crippen LogP contribution is 2.46. The maximum Gasteiger partial charge on any atom is 0.168 e. The molecule has 2 rings (SSSR count). The van der Waals surface area contributed by atoms with Crippen LogP contribution in [0.3, 0.4) is 0 Å². The first kappa shape index (κ1) is 11.1. The van der Waals surface area contributed by atoms with Crippen LogP contribution in [0.15, 0.2) is 0 Å². The van der Waals surface area contributed by atoms with Gasteiger partial charge in [-0.15, -0.1) is 0 Å². The van der Waals surface area contributed by atoms with E-state index in [9.17, 15) is 4.79 Å². The van der Waals surface area contributed by atoms with Gasteiger partial charge in [0, 0.05) is 18.3 Å². The number of hydrogen-bond acceptors (Lipinski definition) is 3. The average Bonchev–Trinajstić information content (AvgIpc) is 2.68. The first-order valence-corrected chi connectivity index (χ1v) is 5.91. The van der Waals surface area contributed by atoms with Crippen LogP contribution in [-0.4, -0.2) is 24.8 Å². The van der Waals surface area contributed by atoms with Crippen LogP contribution in [0.1, 0.15) is 46.0 Å². The van der Waals surface area contributed by atoms with Crippen molar-refractivity contribution in [1.82, 2.24) is 0 Å². The number of hydrogen-bond donors (Lipinski definition) is 0. The Morgan fingerprint density at radius 3 is 2.07 bits per heavy atom. The molecule has 3 nitrogen and oxygen atoms in total. The quantitative estimate of drug-likeness (QED) is 0.704. The summed E-state index contributed by atoms with van der Waals surface area (Å²) in [4.78, 5) is 11.7. The molecule has 1 saturated carbocycles. The summed E-state index contributed by atoms with van der Waals surface area (Å²) >= 11 is 0. The Morgan fingerprint density at radius 2 is 1.67 bits per heavy atom. The molecule has 2 fully saturated rings. The minimum Gasteiger partial charge on any atom is -0.348 e. The monoisotopic (exact) mass is 212 g/mol. The van der Waals surface area contributed by atoms with Crippen LogP contribution in [0.4, 0.5) is 0 Å². The van der Waals surface area contributed by atoms with Crippen LogP contribution in [0.2, 0.25) is 0 Å². The van der Waals surface area contributed by atoms with Gasteiger partial charge >= 0.3 is 0 Å². The largest absolute Gasteiger partial charge is 0.348 e. The number of ether oxygens (including phenoxy) is 2. The molecule has 1 aliphatic carbocycles. The Bertz CT molecular complexity index is 244. The van der Waals surface area contributed by atoms with Gasteiger partial charge in [-0.2, -0.15) is 0 Å². The van der Waals surface area contributed by atoms with Gasteiger partial charge < -0.3 is 9.47 Å². The third-order valence-corrected chi connectivity index (χ3v) is 4.21. The van der Waals surface area contributed by atoms with Crippen LogP contribution in [0.25, 0.3) is 0 Å². The third-order valence-electron chi connectivity index (χ3n) is 4.21. The second-order valence-electron chi connectivity index (χ2n) is 4.80. The van der Waals surface area contributed by atoms with E-state index in [1.807, 2.05) is 0 Å². The molecule has 0 radical (unpaired) electrons. The lowest BCUT2D eigenvalue weighted by atomic mass is 9.68. The molecule has 1 saturated heterocycles. The molecule has 0 unspecified atom stereocenters. The molecule has 15 heavy (non-hydrogen) atoms. The van der Waals surface area contributed by atoms with Gasteiger partial charge in [-0.3, -0.25) is 4.79 Å². The second kappa shape index (κ2) is 3.87. The maximum absolute atomic E-state index is 11.7. The number of rotatable bonds is 2. The first-order valence-electron chi connectivity index (χ1n) is 5.91. The van der Waals surface area contributed by atoms with Crippen molar-refractivity contribution in [3.05, 3.63) is 0 Å². The smallest absolute Gasteiger partial charge is 0.168 e. The van der Waals surface area contributed by atoms with Crippen molar-refractivity contribution < 1.29 is 14.3 Å². The molecule has 0 aromatic carbocycles. The second-order valence-corrected chi connectivity index (χ2v) is 4.80. The average molecular weight is 212 g/mol. The number of Topliss-reactive ketones (excluding diaryl/α,β-unsaturated/α-hetero) is 1. The molecule has 0 bridgehead atoms. The van der Waals surface area contributed by atoms with E-state index in [1.54, 1.807) is 6.92 Å². The normalized spacial score (nSPS) is 28.1. The summed E-state index contributed by atoms with van der Waals surface area (Å²) in [6.45, 7) is 5.24. The molecule has 1 spiro atoms. The van der Waals surface area contributed by atoms with E-state index in [-0.39, 0.29) is 11.2 Å². The van der Waals surface area contributed by atoms with Gasteiger partial charge in [0.05, 0.1) is 13.2 Å². The Labute approximate surface area is 91.1 Å². The van der Waals surface area contributed by atoms with Crippen molar-refractivity contribution in [2.45, 2.75) is 51.7 Å². The van der Waals surface area contributed by atoms with Crippen LogP contribution in [0.5, 0.6) is 0 Å². The van der Waals surface area contributed by atoms with Crippen molar-refractivity contribution in [3.63, 3.8) is 0 Å². The minimum absolute atomic E-state index is 0.0967. The Balaban J connectivity index is 2.04. The maximum atomic E-state index is 11.7. The molecule has 0 aromatic rings. The molecule has 86 valence electrons. The Kier molecular flexibility index (Phi) is 2.86. The van der Waals surface area contributed by atoms with E-state index in [1.165, 1.54) is 0 Å². The lowest BCUT2D eigenvalue weighted by molar-refractivity contribution is -0.192. The summed E-state index contributed by atoms with van der Waals surface area (Å²) in [5.41, 5.74) is -0.0967. The SMILES string of the molecule is CCC1(C(C)=O)CCC2(CC1)OCCO2. The van der Waals surface area contributed by atoms with Gasteiger partial charge in [0.1, 0.15) is 5.78 Å². The molecule has 0 atom stereocenters. The molecule has 0 amide bonds. The highest BCUT2D eigenvalue weighted by molar-refractivity contribution is 5.82. The summed E-state index contributed by atoms with van der Waals surface area (Å²) in [7, 11) is 0. The van der Waals surface area contributed by atoms with E-state index in [4.69, 9.17) is 9.47 Å². The summed E-state index contributed by atoms with van der Waals surface area (Å²) in [6.07, 6.45) is 4.52. The number of carbonyl (C=O) groups is 1. The fraction of sp³-hybridized carbons (Fsp3) is 0.917. The zero-order chi connectivity index (χ0) is 10.9. The van der Waals surface area contributed by atoms with Crippen molar-refractivity contribution in [1.29, 1.82) is 0 Å². The lowest BCUT2D eigenvalue weighted by Gasteiger charge is -2.41. The predicted molar refractivity (Wildman–Crippen MR) is 56.5 cm³/mol. The van der Waals surface area contributed by atoms with Gasteiger partial charge in [-0.05, 0) is 26.2 Å². The summed E-state index contributed by atoms with van der Waals surface area (Å²) in [6, 6.07) is 0. The molecule has 1 heterocycles. The van der Waals surface area contributed by atoms with E-state index in [2.05, 4.69) is 6.92 Å². The predicted octanol–water partition coefficient (Wildman–Crippen LogP) is 2.29. The zero-order valence-corrected chi connectivity index (χ0v) is 9.67. The van der Waals surface area contributed by atoms with Crippen molar-refractivity contribution in [2.24, 2.45) is 5.41 Å². The number of ketones is 1. The van der Waals surface area contributed by atoms with Gasteiger partial charge in [0.25, 0.3) is 0 Å². The first-order chi connectivity index (χ1) is 7.13. The fourth-order valence-electron chi connectivity index (χ4n) is 2.85. The van der Waals surface area contributed by atoms with Gasteiger partial charge in [0.15, 0.2) is 5.79 Å². The Morgan fingerprint density at radius 1 is 1.13 bits per heavy atom. The molecule has 2 aliphatic rings. The Hall–Kier alpha value is -0.410. The minimum atomic E-state index is -0.339. The summed E-state index contributed by atoms with van der Waals surface area (Å²) < 4.78 is 11.3. The van der Waals surface area contributed by atoms with Crippen LogP contribution in [-0.2, 0) is 14.3 Å². The van der Waals surface area contributed by atoms with Crippen molar-refractivity contribution in [3.8, 4) is 0 Å². The lowest BCUT2D eigenvalue weighted by Crippen LogP contribution is -2.42. The summed E-state index contributed by atoms with van der Waals surface area (Å²) in [5, 5.41) is 0. The van der Waals surface area contributed by atoms with Crippen LogP contribution >= 0.6 is 0 Å². The topological polar surface area (TPSA) is 35.5 Å². The van der Waals surface area contributed by atoms with E-state index in [0.717, 1.165) is 32.1 Å². The fourth-order valence-corrected chi connectivity index (χ4v) is 2.85. The van der Waals surface area contributed by atoms with Crippen LogP contribution < -0.4 is 0 Å². The van der Waals surface area contributed by atoms with Gasteiger partial charge in [-0.25, -0.2) is 0 Å². The molecular weight excluding hydrogens is 192 g/mol. The highest BCUT2D eigenvalue weighted by atomic mass is 16.7. The van der Waals surface area contributed by atoms with E-state index < -0.39 is 0 Å². The molecule has 0 aromatic heterocycles.